The van der Waals surface area contributed by atoms with E-state index >= 15 is 8.78 Å². The molecular formula is C37H38F3N7O3. The third-order valence-corrected chi connectivity index (χ3v) is 12.1. The second-order valence-electron chi connectivity index (χ2n) is 15.3. The summed E-state index contributed by atoms with van der Waals surface area (Å²) >= 11 is 0. The quantitative estimate of drug-likeness (QED) is 0.267. The van der Waals surface area contributed by atoms with Crippen molar-refractivity contribution >= 4 is 33.4 Å². The number of aromatic hydroxyl groups is 1. The number of alkyl halides is 1. The van der Waals surface area contributed by atoms with Crippen molar-refractivity contribution in [2.75, 3.05) is 37.7 Å². The molecule has 6 aliphatic rings. The van der Waals surface area contributed by atoms with E-state index in [0.717, 1.165) is 32.2 Å². The molecule has 13 heteroatoms. The third kappa shape index (κ3) is 4.83. The molecule has 1 amide bonds. The van der Waals surface area contributed by atoms with Crippen LogP contribution in [-0.4, -0.2) is 104 Å². The molecule has 2 aromatic carbocycles. The number of anilines is 1. The first-order chi connectivity index (χ1) is 24.3. The molecule has 0 radical (unpaired) electrons. The van der Waals surface area contributed by atoms with E-state index in [1.165, 1.54) is 43.3 Å². The Balaban J connectivity index is 1.04. The van der Waals surface area contributed by atoms with Gasteiger partial charge in [-0.2, -0.15) is 9.97 Å². The standard InChI is InChI=1S/C37H38F3N7O3/c38-21-13-37(9-2-10-46(37)15-21)18-50-36-43-32-26(14-41-31(29(32)40)25-12-24(48)11-20-3-1-4-27(39)28(20)25)34(44-36)45-16-22-7-8-23(17-45)47(22)35(49)33-30(42-33)19-5-6-19/h1,3-4,11-12,14,19,21-23,30,33,42,48H,2,5-10,13,15-18H2/t21-,22?,23?,30-,33-,37+/m1/s1. The van der Waals surface area contributed by atoms with Crippen molar-refractivity contribution in [1.82, 2.24) is 30.1 Å². The predicted molar refractivity (Wildman–Crippen MR) is 180 cm³/mol. The van der Waals surface area contributed by atoms with Crippen molar-refractivity contribution in [1.29, 1.82) is 0 Å². The average Bonchev–Trinajstić information content (AvgIpc) is 4.00. The van der Waals surface area contributed by atoms with Gasteiger partial charge in [-0.05, 0) is 74.6 Å². The molecule has 50 heavy (non-hydrogen) atoms. The Morgan fingerprint density at radius 3 is 2.70 bits per heavy atom. The van der Waals surface area contributed by atoms with Crippen molar-refractivity contribution in [3.8, 4) is 23.0 Å². The van der Waals surface area contributed by atoms with Crippen LogP contribution < -0.4 is 15.0 Å². The minimum absolute atomic E-state index is 0.0116. The number of aromatic nitrogens is 3. The van der Waals surface area contributed by atoms with Gasteiger partial charge < -0.3 is 19.6 Å². The van der Waals surface area contributed by atoms with Crippen molar-refractivity contribution in [2.45, 2.75) is 80.8 Å². The molecule has 6 atom stereocenters. The first-order valence-corrected chi connectivity index (χ1v) is 17.9. The van der Waals surface area contributed by atoms with Gasteiger partial charge in [-0.3, -0.25) is 20.0 Å². The molecule has 1 aliphatic carbocycles. The summed E-state index contributed by atoms with van der Waals surface area (Å²) in [6, 6.07) is 7.34. The lowest BCUT2D eigenvalue weighted by atomic mass is 9.95. The fourth-order valence-corrected chi connectivity index (χ4v) is 9.55. The SMILES string of the molecule is O=C([C@@H]1N[C@@H]1C1CC1)N1C2CCC1CN(c1nc(OC[C@@]34CCCN3C[C@H](F)C4)nc3c(F)c(-c4cc(O)cc5cccc(F)c45)ncc13)C2. The van der Waals surface area contributed by atoms with Crippen LogP contribution in [0.1, 0.15) is 44.9 Å². The Bertz CT molecular complexity index is 2050. The fourth-order valence-electron chi connectivity index (χ4n) is 9.55. The smallest absolute Gasteiger partial charge is 0.319 e. The Kier molecular flexibility index (Phi) is 6.81. The van der Waals surface area contributed by atoms with Gasteiger partial charge in [0.05, 0.1) is 10.9 Å². The third-order valence-electron chi connectivity index (χ3n) is 12.1. The predicted octanol–water partition coefficient (Wildman–Crippen LogP) is 4.71. The molecule has 260 valence electrons. The minimum Gasteiger partial charge on any atom is -0.508 e. The Morgan fingerprint density at radius 1 is 1.08 bits per heavy atom. The van der Waals surface area contributed by atoms with Gasteiger partial charge in [0.15, 0.2) is 5.82 Å². The topological polar surface area (TPSA) is 117 Å². The Morgan fingerprint density at radius 2 is 1.90 bits per heavy atom. The summed E-state index contributed by atoms with van der Waals surface area (Å²) in [4.78, 5) is 33.8. The number of ether oxygens (including phenoxy) is 1. The van der Waals surface area contributed by atoms with Gasteiger partial charge in [0, 0.05) is 61.3 Å². The largest absolute Gasteiger partial charge is 0.508 e. The molecule has 1 saturated carbocycles. The number of rotatable bonds is 7. The van der Waals surface area contributed by atoms with E-state index in [4.69, 9.17) is 9.72 Å². The van der Waals surface area contributed by atoms with Crippen LogP contribution in [0.5, 0.6) is 11.8 Å². The maximum atomic E-state index is 16.9. The van der Waals surface area contributed by atoms with Gasteiger partial charge in [0.1, 0.15) is 47.4 Å². The van der Waals surface area contributed by atoms with Gasteiger partial charge in [-0.1, -0.05) is 12.1 Å². The van der Waals surface area contributed by atoms with Crippen molar-refractivity contribution in [3.05, 3.63) is 48.2 Å². The summed E-state index contributed by atoms with van der Waals surface area (Å²) in [7, 11) is 0. The molecule has 4 aromatic rings. The van der Waals surface area contributed by atoms with Crippen molar-refractivity contribution in [2.24, 2.45) is 5.92 Å². The van der Waals surface area contributed by atoms with Crippen LogP contribution in [0.2, 0.25) is 0 Å². The number of carbonyl (C=O) groups excluding carboxylic acids is 1. The number of fused-ring (bicyclic) bond motifs is 5. The number of halogens is 3. The fraction of sp³-hybridized carbons (Fsp3) is 0.514. The van der Waals surface area contributed by atoms with E-state index < -0.39 is 23.3 Å². The lowest BCUT2D eigenvalue weighted by Crippen LogP contribution is -2.57. The number of amides is 1. The zero-order chi connectivity index (χ0) is 33.9. The minimum atomic E-state index is -0.935. The first kappa shape index (κ1) is 30.6. The van der Waals surface area contributed by atoms with E-state index in [0.29, 0.717) is 54.6 Å². The summed E-state index contributed by atoms with van der Waals surface area (Å²) in [6.45, 7) is 2.37. The lowest BCUT2D eigenvalue weighted by molar-refractivity contribution is -0.134. The van der Waals surface area contributed by atoms with E-state index in [1.54, 1.807) is 6.07 Å². The van der Waals surface area contributed by atoms with E-state index in [-0.39, 0.29) is 64.6 Å². The zero-order valence-corrected chi connectivity index (χ0v) is 27.5. The molecule has 7 heterocycles. The van der Waals surface area contributed by atoms with Gasteiger partial charge in [-0.15, -0.1) is 0 Å². The lowest BCUT2D eigenvalue weighted by Gasteiger charge is -2.42. The van der Waals surface area contributed by atoms with Crippen LogP contribution >= 0.6 is 0 Å². The van der Waals surface area contributed by atoms with Crippen molar-refractivity contribution < 1.29 is 27.8 Å². The molecule has 6 fully saturated rings. The molecule has 5 aliphatic heterocycles. The van der Waals surface area contributed by atoms with Gasteiger partial charge in [-0.25, -0.2) is 13.2 Å². The molecule has 5 saturated heterocycles. The second kappa shape index (κ2) is 11.1. The molecule has 0 spiro atoms. The van der Waals surface area contributed by atoms with Crippen LogP contribution in [0.3, 0.4) is 0 Å². The number of benzene rings is 2. The summed E-state index contributed by atoms with van der Waals surface area (Å²) in [5.41, 5.74) is -0.561. The number of phenols is 1. The Labute approximate surface area is 286 Å². The van der Waals surface area contributed by atoms with E-state index in [2.05, 4.69) is 30.0 Å². The number of pyridine rings is 1. The number of carbonyl (C=O) groups is 1. The number of nitrogens with zero attached hydrogens (tertiary/aromatic N) is 6. The van der Waals surface area contributed by atoms with Crippen molar-refractivity contribution in [3.63, 3.8) is 0 Å². The molecule has 10 rings (SSSR count). The van der Waals surface area contributed by atoms with Crippen LogP contribution in [0.15, 0.2) is 36.5 Å². The van der Waals surface area contributed by atoms with Crippen LogP contribution in [0.4, 0.5) is 19.0 Å². The number of phenolic OH excluding ortho intramolecular Hbond substituents is 1. The zero-order valence-electron chi connectivity index (χ0n) is 27.5. The molecular weight excluding hydrogens is 647 g/mol. The normalized spacial score (nSPS) is 30.4. The van der Waals surface area contributed by atoms with Crippen LogP contribution in [0, 0.1) is 17.6 Å². The number of nitrogens with one attached hydrogen (secondary N) is 1. The Hall–Kier alpha value is -4.23. The van der Waals surface area contributed by atoms with E-state index in [9.17, 15) is 14.3 Å². The molecule has 2 aromatic heterocycles. The monoisotopic (exact) mass is 685 g/mol. The average molecular weight is 686 g/mol. The summed E-state index contributed by atoms with van der Waals surface area (Å²) in [5, 5.41) is 14.8. The maximum absolute atomic E-state index is 16.9. The molecule has 2 bridgehead atoms. The highest BCUT2D eigenvalue weighted by Crippen LogP contribution is 2.44. The van der Waals surface area contributed by atoms with Crippen LogP contribution in [0.25, 0.3) is 32.9 Å². The summed E-state index contributed by atoms with van der Waals surface area (Å²) in [6.07, 6.45) is 6.78. The second-order valence-corrected chi connectivity index (χ2v) is 15.3. The highest BCUT2D eigenvalue weighted by Gasteiger charge is 2.55. The molecule has 10 nitrogen and oxygen atoms in total. The number of hydrogen-bond acceptors (Lipinski definition) is 9. The van der Waals surface area contributed by atoms with Gasteiger partial charge >= 0.3 is 6.01 Å². The molecule has 2 N–H and O–H groups in total. The molecule has 2 unspecified atom stereocenters. The highest BCUT2D eigenvalue weighted by atomic mass is 19.1. The number of hydrogen-bond donors (Lipinski definition) is 2. The number of piperazine rings is 1. The highest BCUT2D eigenvalue weighted by molar-refractivity contribution is 6.00. The van der Waals surface area contributed by atoms with E-state index in [1.807, 2.05) is 0 Å². The van der Waals surface area contributed by atoms with Gasteiger partial charge in [0.25, 0.3) is 0 Å². The maximum Gasteiger partial charge on any atom is 0.319 e. The first-order valence-electron chi connectivity index (χ1n) is 17.9. The van der Waals surface area contributed by atoms with Crippen LogP contribution in [-0.2, 0) is 4.79 Å². The van der Waals surface area contributed by atoms with Gasteiger partial charge in [0.2, 0.25) is 5.91 Å². The summed E-state index contributed by atoms with van der Waals surface area (Å²) in [5.74, 6) is -0.262. The summed E-state index contributed by atoms with van der Waals surface area (Å²) < 4.78 is 52.9.